The maximum atomic E-state index is 3.94. The predicted molar refractivity (Wildman–Crippen MR) is 76.6 cm³/mol. The fourth-order valence-corrected chi connectivity index (χ4v) is 2.44. The molecule has 0 aromatic heterocycles. The summed E-state index contributed by atoms with van der Waals surface area (Å²) in [5.74, 6) is 0.954. The smallest absolute Gasteiger partial charge is 0.000413 e. The van der Waals surface area contributed by atoms with Gasteiger partial charge >= 0.3 is 0 Å². The number of fused-ring (bicyclic) bond motifs is 1. The van der Waals surface area contributed by atoms with Crippen molar-refractivity contribution in [3.05, 3.63) is 60.2 Å². The van der Waals surface area contributed by atoms with Gasteiger partial charge in [-0.15, -0.1) is 6.58 Å². The largest absolute Gasteiger partial charge is 0.102 e. The molecule has 0 amide bonds. The van der Waals surface area contributed by atoms with Gasteiger partial charge in [0.2, 0.25) is 0 Å². The van der Waals surface area contributed by atoms with Crippen molar-refractivity contribution in [2.24, 2.45) is 0 Å². The summed E-state index contributed by atoms with van der Waals surface area (Å²) in [5, 5.41) is 2.69. The van der Waals surface area contributed by atoms with Crippen LogP contribution >= 0.6 is 0 Å². The zero-order valence-electron chi connectivity index (χ0n) is 10.9. The van der Waals surface area contributed by atoms with Crippen LogP contribution in [-0.4, -0.2) is 0 Å². The van der Waals surface area contributed by atoms with Crippen LogP contribution in [0.15, 0.2) is 49.1 Å². The Balaban J connectivity index is 2.79. The first-order valence-corrected chi connectivity index (χ1v) is 6.29. The number of benzene rings is 2. The van der Waals surface area contributed by atoms with Crippen LogP contribution in [0.1, 0.15) is 43.7 Å². The Morgan fingerprint density at radius 2 is 1.71 bits per heavy atom. The lowest BCUT2D eigenvalue weighted by molar-refractivity contribution is 0.829. The van der Waals surface area contributed by atoms with Gasteiger partial charge in [0, 0.05) is 0 Å². The molecule has 0 nitrogen and oxygen atoms in total. The third-order valence-electron chi connectivity index (χ3n) is 3.44. The topological polar surface area (TPSA) is 0 Å². The molecule has 0 spiro atoms. The van der Waals surface area contributed by atoms with E-state index in [1.54, 1.807) is 0 Å². The maximum absolute atomic E-state index is 3.94. The van der Waals surface area contributed by atoms with E-state index in [0.29, 0.717) is 11.8 Å². The van der Waals surface area contributed by atoms with E-state index >= 15 is 0 Å². The predicted octanol–water partition coefficient (Wildman–Crippen LogP) is 5.25. The number of hydrogen-bond donors (Lipinski definition) is 0. The van der Waals surface area contributed by atoms with E-state index in [9.17, 15) is 0 Å². The van der Waals surface area contributed by atoms with Gasteiger partial charge < -0.3 is 0 Å². The average Bonchev–Trinajstić information content (AvgIpc) is 2.36. The SMILES string of the molecule is C=CC(C)c1c(C(C)C)ccc2ccccc12. The van der Waals surface area contributed by atoms with Crippen LogP contribution in [0.3, 0.4) is 0 Å². The molecule has 0 saturated carbocycles. The molecular weight excluding hydrogens is 204 g/mol. The first-order valence-electron chi connectivity index (χ1n) is 6.29. The summed E-state index contributed by atoms with van der Waals surface area (Å²) < 4.78 is 0. The van der Waals surface area contributed by atoms with Crippen molar-refractivity contribution in [2.45, 2.75) is 32.6 Å². The van der Waals surface area contributed by atoms with Gasteiger partial charge in [0.15, 0.2) is 0 Å². The summed E-state index contributed by atoms with van der Waals surface area (Å²) in [6, 6.07) is 13.1. The monoisotopic (exact) mass is 224 g/mol. The summed E-state index contributed by atoms with van der Waals surface area (Å²) in [4.78, 5) is 0. The molecule has 17 heavy (non-hydrogen) atoms. The van der Waals surface area contributed by atoms with E-state index in [1.165, 1.54) is 21.9 Å². The van der Waals surface area contributed by atoms with Crippen LogP contribution in [0, 0.1) is 0 Å². The van der Waals surface area contributed by atoms with Crippen LogP contribution < -0.4 is 0 Å². The van der Waals surface area contributed by atoms with Gasteiger partial charge in [-0.1, -0.05) is 63.2 Å². The Hall–Kier alpha value is -1.56. The molecule has 0 aliphatic carbocycles. The molecule has 0 aliphatic rings. The second-order valence-electron chi connectivity index (χ2n) is 4.97. The highest BCUT2D eigenvalue weighted by molar-refractivity contribution is 5.87. The molecule has 0 N–H and O–H groups in total. The van der Waals surface area contributed by atoms with E-state index in [-0.39, 0.29) is 0 Å². The first kappa shape index (κ1) is 11.9. The van der Waals surface area contributed by atoms with Crippen molar-refractivity contribution in [1.82, 2.24) is 0 Å². The summed E-state index contributed by atoms with van der Waals surface area (Å²) in [7, 11) is 0. The highest BCUT2D eigenvalue weighted by atomic mass is 14.2. The molecule has 1 unspecified atom stereocenters. The second-order valence-corrected chi connectivity index (χ2v) is 4.97. The molecule has 2 rings (SSSR count). The number of rotatable bonds is 3. The fourth-order valence-electron chi connectivity index (χ4n) is 2.44. The van der Waals surface area contributed by atoms with Crippen LogP contribution in [0.25, 0.3) is 10.8 Å². The van der Waals surface area contributed by atoms with Gasteiger partial charge in [0.1, 0.15) is 0 Å². The minimum absolute atomic E-state index is 0.401. The Morgan fingerprint density at radius 3 is 2.35 bits per heavy atom. The standard InChI is InChI=1S/C17H20/c1-5-13(4)17-15(12(2)3)11-10-14-8-6-7-9-16(14)17/h5-13H,1H2,2-4H3. The molecule has 0 aliphatic heterocycles. The minimum Gasteiger partial charge on any atom is -0.102 e. The van der Waals surface area contributed by atoms with E-state index in [0.717, 1.165) is 0 Å². The van der Waals surface area contributed by atoms with Gasteiger partial charge in [-0.25, -0.2) is 0 Å². The third-order valence-corrected chi connectivity index (χ3v) is 3.44. The number of hydrogen-bond acceptors (Lipinski definition) is 0. The van der Waals surface area contributed by atoms with Crippen LogP contribution in [0.5, 0.6) is 0 Å². The van der Waals surface area contributed by atoms with Crippen molar-refractivity contribution >= 4 is 10.8 Å². The van der Waals surface area contributed by atoms with Crippen molar-refractivity contribution in [3.63, 3.8) is 0 Å². The summed E-state index contributed by atoms with van der Waals surface area (Å²) in [5.41, 5.74) is 2.88. The Bertz CT molecular complexity index is 535. The Kier molecular flexibility index (Phi) is 3.33. The lowest BCUT2D eigenvalue weighted by Crippen LogP contribution is -2.00. The third kappa shape index (κ3) is 2.12. The van der Waals surface area contributed by atoms with Gasteiger partial charge in [-0.3, -0.25) is 0 Å². The van der Waals surface area contributed by atoms with Gasteiger partial charge in [-0.05, 0) is 33.7 Å². The van der Waals surface area contributed by atoms with E-state index in [4.69, 9.17) is 0 Å². The summed E-state index contributed by atoms with van der Waals surface area (Å²) in [6.45, 7) is 10.7. The van der Waals surface area contributed by atoms with Crippen LogP contribution in [0.2, 0.25) is 0 Å². The molecule has 0 radical (unpaired) electrons. The molecule has 0 bridgehead atoms. The quantitative estimate of drug-likeness (QED) is 0.624. The molecule has 88 valence electrons. The lowest BCUT2D eigenvalue weighted by atomic mass is 9.86. The summed E-state index contributed by atoms with van der Waals surface area (Å²) >= 11 is 0. The maximum Gasteiger partial charge on any atom is -0.000413 e. The van der Waals surface area contributed by atoms with Gasteiger partial charge in [0.05, 0.1) is 0 Å². The Labute approximate surface area is 104 Å². The first-order chi connectivity index (χ1) is 8.15. The van der Waals surface area contributed by atoms with Crippen LogP contribution in [-0.2, 0) is 0 Å². The molecule has 0 heterocycles. The zero-order valence-corrected chi connectivity index (χ0v) is 10.9. The van der Waals surface area contributed by atoms with Crippen molar-refractivity contribution in [2.75, 3.05) is 0 Å². The van der Waals surface area contributed by atoms with Crippen molar-refractivity contribution in [1.29, 1.82) is 0 Å². The average molecular weight is 224 g/mol. The molecule has 0 fully saturated rings. The second kappa shape index (κ2) is 4.75. The highest BCUT2D eigenvalue weighted by Gasteiger charge is 2.13. The summed E-state index contributed by atoms with van der Waals surface area (Å²) in [6.07, 6.45) is 2.04. The fraction of sp³-hybridized carbons (Fsp3) is 0.294. The van der Waals surface area contributed by atoms with Crippen molar-refractivity contribution in [3.8, 4) is 0 Å². The molecular formula is C17H20. The minimum atomic E-state index is 0.401. The molecule has 0 heteroatoms. The normalized spacial score (nSPS) is 12.9. The van der Waals surface area contributed by atoms with Gasteiger partial charge in [-0.2, -0.15) is 0 Å². The van der Waals surface area contributed by atoms with Crippen LogP contribution in [0.4, 0.5) is 0 Å². The van der Waals surface area contributed by atoms with E-state index in [2.05, 4.69) is 63.7 Å². The lowest BCUT2D eigenvalue weighted by Gasteiger charge is -2.19. The number of allylic oxidation sites excluding steroid dienone is 1. The molecule has 2 aromatic carbocycles. The molecule has 0 saturated heterocycles. The van der Waals surface area contributed by atoms with E-state index in [1.807, 2.05) is 6.08 Å². The zero-order chi connectivity index (χ0) is 12.4. The Morgan fingerprint density at radius 1 is 1.00 bits per heavy atom. The van der Waals surface area contributed by atoms with E-state index < -0.39 is 0 Å². The molecule has 1 atom stereocenters. The molecule has 2 aromatic rings. The van der Waals surface area contributed by atoms with Gasteiger partial charge in [0.25, 0.3) is 0 Å². The van der Waals surface area contributed by atoms with Crippen molar-refractivity contribution < 1.29 is 0 Å². The highest BCUT2D eigenvalue weighted by Crippen LogP contribution is 2.33.